The number of halogens is 1. The number of rotatable bonds is 7. The van der Waals surface area contributed by atoms with Crippen LogP contribution in [0.3, 0.4) is 0 Å². The number of carbonyl (C=O) groups is 2. The van der Waals surface area contributed by atoms with Crippen molar-refractivity contribution in [3.63, 3.8) is 0 Å². The first-order chi connectivity index (χ1) is 14.9. The van der Waals surface area contributed by atoms with Crippen LogP contribution in [0.25, 0.3) is 0 Å². The van der Waals surface area contributed by atoms with Gasteiger partial charge in [0.1, 0.15) is 5.56 Å². The number of nitrogens with zero attached hydrogens (tertiary/aromatic N) is 2. The number of carbonyl (C=O) groups excluding carboxylic acids is 2. The van der Waals surface area contributed by atoms with Crippen molar-refractivity contribution in [2.24, 2.45) is 0 Å². The number of methoxy groups -OCH3 is 1. The minimum Gasteiger partial charge on any atom is -0.480 e. The average molecular weight is 486 g/mol. The molecule has 1 atom stereocenters. The third kappa shape index (κ3) is 5.23. The van der Waals surface area contributed by atoms with E-state index in [4.69, 9.17) is 9.47 Å². The monoisotopic (exact) mass is 485 g/mol. The Balaban J connectivity index is 1.88. The third-order valence-corrected chi connectivity index (χ3v) is 4.83. The fourth-order valence-corrected chi connectivity index (χ4v) is 3.16. The molecule has 0 saturated carbocycles. The number of anilines is 1. The number of nitro groups is 1. The number of benzene rings is 2. The maximum atomic E-state index is 13.0. The number of pyridine rings is 1. The topological polar surface area (TPSA) is 121 Å². The van der Waals surface area contributed by atoms with Crippen molar-refractivity contribution in [1.29, 1.82) is 0 Å². The molecule has 3 rings (SSSR count). The van der Waals surface area contributed by atoms with E-state index >= 15 is 0 Å². The summed E-state index contributed by atoms with van der Waals surface area (Å²) in [7, 11) is 1.37. The Morgan fingerprint density at radius 3 is 2.52 bits per heavy atom. The van der Waals surface area contributed by atoms with Gasteiger partial charge >= 0.3 is 5.97 Å². The van der Waals surface area contributed by atoms with Gasteiger partial charge in [-0.2, -0.15) is 0 Å². The second kappa shape index (κ2) is 9.81. The smallest absolute Gasteiger partial charge is 0.344 e. The molecule has 1 heterocycles. The van der Waals surface area contributed by atoms with Crippen molar-refractivity contribution < 1.29 is 24.0 Å². The van der Waals surface area contributed by atoms with Gasteiger partial charge in [0.05, 0.1) is 17.7 Å². The number of ether oxygens (including phenoxy) is 2. The lowest BCUT2D eigenvalue weighted by atomic mass is 10.1. The Hall–Kier alpha value is -3.79. The van der Waals surface area contributed by atoms with Crippen LogP contribution < -0.4 is 10.1 Å². The molecule has 0 aliphatic rings. The summed E-state index contributed by atoms with van der Waals surface area (Å²) in [6, 6.07) is 15.4. The van der Waals surface area contributed by atoms with Crippen LogP contribution in [0, 0.1) is 10.1 Å². The van der Waals surface area contributed by atoms with Crippen LogP contribution >= 0.6 is 15.9 Å². The fourth-order valence-electron chi connectivity index (χ4n) is 2.70. The van der Waals surface area contributed by atoms with Crippen LogP contribution in [-0.4, -0.2) is 28.9 Å². The van der Waals surface area contributed by atoms with Gasteiger partial charge in [-0.15, -0.1) is 0 Å². The van der Waals surface area contributed by atoms with Crippen molar-refractivity contribution in [3.8, 4) is 5.88 Å². The van der Waals surface area contributed by atoms with Crippen LogP contribution in [0.5, 0.6) is 5.88 Å². The maximum Gasteiger partial charge on any atom is 0.344 e. The summed E-state index contributed by atoms with van der Waals surface area (Å²) in [4.78, 5) is 40.1. The molecule has 0 saturated heterocycles. The fraction of sp³-hybridized carbons (Fsp3) is 0.0952. The highest BCUT2D eigenvalue weighted by atomic mass is 79.9. The molecular weight excluding hydrogens is 470 g/mol. The van der Waals surface area contributed by atoms with Crippen LogP contribution in [-0.2, 0) is 9.53 Å². The summed E-state index contributed by atoms with van der Waals surface area (Å²) in [5.41, 5.74) is 0.649. The van der Waals surface area contributed by atoms with Crippen molar-refractivity contribution in [1.82, 2.24) is 4.98 Å². The lowest BCUT2D eigenvalue weighted by molar-refractivity contribution is -0.384. The lowest BCUT2D eigenvalue weighted by Gasteiger charge is -2.19. The second-order valence-corrected chi connectivity index (χ2v) is 7.02. The normalized spacial score (nSPS) is 11.3. The summed E-state index contributed by atoms with van der Waals surface area (Å²) in [6.07, 6.45) is 0.170. The van der Waals surface area contributed by atoms with Crippen molar-refractivity contribution in [2.45, 2.75) is 6.10 Å². The standard InChI is InChI=1S/C21H16BrN3O6/c1-30-20-15(8-5-11-23-20)21(27)31-18(13-6-3-2-4-7-13)19(26)24-17-10-9-14(25(28)29)12-16(17)22/h2-12,18H,1H3,(H,24,26). The Labute approximate surface area is 185 Å². The van der Waals surface area contributed by atoms with E-state index in [1.54, 1.807) is 36.4 Å². The van der Waals surface area contributed by atoms with Crippen molar-refractivity contribution >= 4 is 39.2 Å². The molecule has 1 amide bonds. The van der Waals surface area contributed by atoms with E-state index in [1.165, 1.54) is 37.6 Å². The van der Waals surface area contributed by atoms with Gasteiger partial charge in [0.25, 0.3) is 11.6 Å². The Morgan fingerprint density at radius 2 is 1.87 bits per heavy atom. The molecule has 1 aromatic heterocycles. The lowest BCUT2D eigenvalue weighted by Crippen LogP contribution is -2.26. The highest BCUT2D eigenvalue weighted by Crippen LogP contribution is 2.29. The van der Waals surface area contributed by atoms with Gasteiger partial charge in [-0.1, -0.05) is 30.3 Å². The molecule has 0 spiro atoms. The molecule has 0 aliphatic heterocycles. The van der Waals surface area contributed by atoms with Gasteiger partial charge in [0.2, 0.25) is 12.0 Å². The van der Waals surface area contributed by atoms with Gasteiger partial charge in [-0.3, -0.25) is 14.9 Å². The summed E-state index contributed by atoms with van der Waals surface area (Å²) in [5, 5.41) is 13.5. The molecule has 9 nitrogen and oxygen atoms in total. The van der Waals surface area contributed by atoms with Gasteiger partial charge in [-0.25, -0.2) is 9.78 Å². The van der Waals surface area contributed by atoms with E-state index in [0.717, 1.165) is 0 Å². The minimum absolute atomic E-state index is 0.0650. The van der Waals surface area contributed by atoms with Crippen LogP contribution in [0.4, 0.5) is 11.4 Å². The largest absolute Gasteiger partial charge is 0.480 e. The predicted octanol–water partition coefficient (Wildman–Crippen LogP) is 4.30. The number of aromatic nitrogens is 1. The molecule has 0 fully saturated rings. The first-order valence-corrected chi connectivity index (χ1v) is 9.69. The first kappa shape index (κ1) is 21.9. The molecule has 0 aliphatic carbocycles. The summed E-state index contributed by atoms with van der Waals surface area (Å²) in [5.74, 6) is -1.37. The van der Waals surface area contributed by atoms with E-state index in [1.807, 2.05) is 0 Å². The Morgan fingerprint density at radius 1 is 1.13 bits per heavy atom. The first-order valence-electron chi connectivity index (χ1n) is 8.90. The molecule has 2 aromatic carbocycles. The maximum absolute atomic E-state index is 13.0. The summed E-state index contributed by atoms with van der Waals surface area (Å²) in [6.45, 7) is 0. The molecule has 158 valence electrons. The number of hydrogen-bond acceptors (Lipinski definition) is 7. The minimum atomic E-state index is -1.29. The Kier molecular flexibility index (Phi) is 6.93. The van der Waals surface area contributed by atoms with Gasteiger partial charge < -0.3 is 14.8 Å². The molecule has 1 N–H and O–H groups in total. The SMILES string of the molecule is COc1ncccc1C(=O)OC(C(=O)Nc1ccc([N+](=O)[O-])cc1Br)c1ccccc1. The highest BCUT2D eigenvalue weighted by molar-refractivity contribution is 9.10. The van der Waals surface area contributed by atoms with E-state index in [0.29, 0.717) is 10.0 Å². The van der Waals surface area contributed by atoms with Gasteiger partial charge in [-0.05, 0) is 34.1 Å². The van der Waals surface area contributed by atoms with E-state index < -0.39 is 22.9 Å². The zero-order valence-electron chi connectivity index (χ0n) is 16.2. The predicted molar refractivity (Wildman–Crippen MR) is 115 cm³/mol. The zero-order chi connectivity index (χ0) is 22.4. The molecular formula is C21H16BrN3O6. The molecule has 1 unspecified atom stereocenters. The van der Waals surface area contributed by atoms with Crippen LogP contribution in [0.2, 0.25) is 0 Å². The summed E-state index contributed by atoms with van der Waals surface area (Å²) >= 11 is 3.20. The number of amides is 1. The number of nitro benzene ring substituents is 1. The van der Waals surface area contributed by atoms with Gasteiger partial charge in [0.15, 0.2) is 0 Å². The molecule has 3 aromatic rings. The van der Waals surface area contributed by atoms with Crippen LogP contribution in [0.1, 0.15) is 22.0 Å². The van der Waals surface area contributed by atoms with E-state index in [2.05, 4.69) is 26.2 Å². The quantitative estimate of drug-likeness (QED) is 0.300. The average Bonchev–Trinajstić information content (AvgIpc) is 2.78. The third-order valence-electron chi connectivity index (χ3n) is 4.17. The van der Waals surface area contributed by atoms with E-state index in [-0.39, 0.29) is 22.8 Å². The molecule has 10 heteroatoms. The molecule has 0 bridgehead atoms. The molecule has 0 radical (unpaired) electrons. The van der Waals surface area contributed by atoms with Gasteiger partial charge in [0, 0.05) is 28.4 Å². The number of hydrogen-bond donors (Lipinski definition) is 1. The highest BCUT2D eigenvalue weighted by Gasteiger charge is 2.28. The summed E-state index contributed by atoms with van der Waals surface area (Å²) < 4.78 is 10.9. The number of nitrogens with one attached hydrogen (secondary N) is 1. The van der Waals surface area contributed by atoms with Crippen molar-refractivity contribution in [3.05, 3.63) is 92.6 Å². The van der Waals surface area contributed by atoms with Crippen molar-refractivity contribution in [2.75, 3.05) is 12.4 Å². The second-order valence-electron chi connectivity index (χ2n) is 6.17. The Bertz CT molecular complexity index is 1120. The zero-order valence-corrected chi connectivity index (χ0v) is 17.7. The number of esters is 1. The number of non-ortho nitro benzene ring substituents is 1. The molecule has 31 heavy (non-hydrogen) atoms. The van der Waals surface area contributed by atoms with E-state index in [9.17, 15) is 19.7 Å². The van der Waals surface area contributed by atoms with Crippen LogP contribution in [0.15, 0.2) is 71.3 Å².